The number of ketones is 1. The number of aliphatic hydroxyl groups excluding tert-OH is 1. The second kappa shape index (κ2) is 7.56. The lowest BCUT2D eigenvalue weighted by atomic mass is 9.67. The second-order valence-electron chi connectivity index (χ2n) is 6.38. The third-order valence-electron chi connectivity index (χ3n) is 3.94. The summed E-state index contributed by atoms with van der Waals surface area (Å²) in [6, 6.07) is 0. The fraction of sp³-hybridized carbons (Fsp3) is 0.706. The number of allylic oxidation sites excluding steroid dienone is 1. The largest absolute Gasteiger partial charge is 0.511 e. The van der Waals surface area contributed by atoms with E-state index in [4.69, 9.17) is 4.74 Å². The number of aliphatic hydroxyl groups is 1. The lowest BCUT2D eigenvalue weighted by Crippen LogP contribution is -2.42. The van der Waals surface area contributed by atoms with Crippen LogP contribution in [0, 0.1) is 11.3 Å². The SMILES string of the molecule is CCCN=C1CC(C)(C)C(C(=O)OC)C(O)=C1C(=O)CCC. The van der Waals surface area contributed by atoms with Gasteiger partial charge in [0.05, 0.1) is 12.7 Å². The van der Waals surface area contributed by atoms with Crippen molar-refractivity contribution in [3.05, 3.63) is 11.3 Å². The fourth-order valence-corrected chi connectivity index (χ4v) is 2.87. The average molecular weight is 309 g/mol. The van der Waals surface area contributed by atoms with Gasteiger partial charge in [-0.05, 0) is 24.7 Å². The van der Waals surface area contributed by atoms with Crippen LogP contribution in [-0.4, -0.2) is 36.2 Å². The zero-order chi connectivity index (χ0) is 16.9. The van der Waals surface area contributed by atoms with Crippen molar-refractivity contribution in [2.45, 2.75) is 53.4 Å². The number of ether oxygens (including phenoxy) is 1. The number of aliphatic imine (C=N–C) groups is 1. The third kappa shape index (κ3) is 3.76. The maximum Gasteiger partial charge on any atom is 0.316 e. The van der Waals surface area contributed by atoms with Gasteiger partial charge >= 0.3 is 5.97 Å². The number of hydrogen-bond donors (Lipinski definition) is 1. The van der Waals surface area contributed by atoms with E-state index in [9.17, 15) is 14.7 Å². The molecule has 0 aromatic carbocycles. The van der Waals surface area contributed by atoms with E-state index in [0.29, 0.717) is 31.5 Å². The van der Waals surface area contributed by atoms with E-state index in [1.807, 2.05) is 27.7 Å². The maximum absolute atomic E-state index is 12.4. The molecule has 1 unspecified atom stereocenters. The molecule has 1 atom stereocenters. The van der Waals surface area contributed by atoms with Gasteiger partial charge in [-0.15, -0.1) is 0 Å². The van der Waals surface area contributed by atoms with Crippen molar-refractivity contribution in [1.82, 2.24) is 0 Å². The molecule has 5 heteroatoms. The molecule has 0 radical (unpaired) electrons. The van der Waals surface area contributed by atoms with Crippen LogP contribution in [0.2, 0.25) is 0 Å². The van der Waals surface area contributed by atoms with Gasteiger partial charge < -0.3 is 9.84 Å². The zero-order valence-corrected chi connectivity index (χ0v) is 14.2. The van der Waals surface area contributed by atoms with E-state index in [1.165, 1.54) is 7.11 Å². The van der Waals surface area contributed by atoms with E-state index < -0.39 is 17.3 Å². The van der Waals surface area contributed by atoms with Crippen LogP contribution < -0.4 is 0 Å². The molecule has 1 aliphatic rings. The Kier molecular flexibility index (Phi) is 6.33. The molecule has 0 spiro atoms. The van der Waals surface area contributed by atoms with Crippen molar-refractivity contribution in [2.75, 3.05) is 13.7 Å². The number of hydrogen-bond acceptors (Lipinski definition) is 5. The maximum atomic E-state index is 12.4. The van der Waals surface area contributed by atoms with Crippen LogP contribution >= 0.6 is 0 Å². The molecule has 0 bridgehead atoms. The smallest absolute Gasteiger partial charge is 0.316 e. The molecular formula is C17H27NO4. The quantitative estimate of drug-likeness (QED) is 0.764. The normalized spacial score (nSPS) is 22.8. The second-order valence-corrected chi connectivity index (χ2v) is 6.38. The first-order valence-electron chi connectivity index (χ1n) is 7.87. The third-order valence-corrected chi connectivity index (χ3v) is 3.94. The Morgan fingerprint density at radius 2 is 1.95 bits per heavy atom. The van der Waals surface area contributed by atoms with E-state index in [2.05, 4.69) is 4.99 Å². The summed E-state index contributed by atoms with van der Waals surface area (Å²) >= 11 is 0. The van der Waals surface area contributed by atoms with Crippen molar-refractivity contribution < 1.29 is 19.4 Å². The minimum Gasteiger partial charge on any atom is -0.511 e. The van der Waals surface area contributed by atoms with E-state index >= 15 is 0 Å². The van der Waals surface area contributed by atoms with Crippen LogP contribution in [0.15, 0.2) is 16.3 Å². The minimum atomic E-state index is -0.825. The molecule has 1 rings (SSSR count). The Bertz CT molecular complexity index is 503. The molecular weight excluding hydrogens is 282 g/mol. The Morgan fingerprint density at radius 3 is 2.45 bits per heavy atom. The van der Waals surface area contributed by atoms with Crippen molar-refractivity contribution in [1.29, 1.82) is 0 Å². The highest BCUT2D eigenvalue weighted by atomic mass is 16.5. The zero-order valence-electron chi connectivity index (χ0n) is 14.2. The predicted molar refractivity (Wildman–Crippen MR) is 86.1 cm³/mol. The highest BCUT2D eigenvalue weighted by Crippen LogP contribution is 2.43. The number of esters is 1. The van der Waals surface area contributed by atoms with Gasteiger partial charge in [0.1, 0.15) is 11.7 Å². The van der Waals surface area contributed by atoms with Gasteiger partial charge in [0.15, 0.2) is 5.78 Å². The average Bonchev–Trinajstić information content (AvgIpc) is 2.43. The highest BCUT2D eigenvalue weighted by Gasteiger charge is 2.47. The van der Waals surface area contributed by atoms with Gasteiger partial charge in [-0.3, -0.25) is 14.6 Å². The number of methoxy groups -OCH3 is 1. The Balaban J connectivity index is 3.42. The number of carbonyl (C=O) groups excluding carboxylic acids is 2. The molecule has 0 saturated heterocycles. The van der Waals surface area contributed by atoms with Crippen molar-refractivity contribution in [3.63, 3.8) is 0 Å². The van der Waals surface area contributed by atoms with Gasteiger partial charge in [-0.2, -0.15) is 0 Å². The minimum absolute atomic E-state index is 0.153. The van der Waals surface area contributed by atoms with Crippen LogP contribution in [0.5, 0.6) is 0 Å². The summed E-state index contributed by atoms with van der Waals surface area (Å²) in [5, 5.41) is 10.6. The number of nitrogens with zero attached hydrogens (tertiary/aromatic N) is 1. The summed E-state index contributed by atoms with van der Waals surface area (Å²) in [4.78, 5) is 28.9. The van der Waals surface area contributed by atoms with Crippen LogP contribution in [-0.2, 0) is 14.3 Å². The summed E-state index contributed by atoms with van der Waals surface area (Å²) < 4.78 is 4.82. The Labute approximate surface area is 132 Å². The molecule has 0 amide bonds. The topological polar surface area (TPSA) is 76.0 Å². The number of Topliss-reactive ketones (excluding diaryl/α,β-unsaturated/α-hetero) is 1. The molecule has 22 heavy (non-hydrogen) atoms. The molecule has 0 aliphatic heterocycles. The van der Waals surface area contributed by atoms with Crippen LogP contribution in [0.25, 0.3) is 0 Å². The van der Waals surface area contributed by atoms with Crippen molar-refractivity contribution in [3.8, 4) is 0 Å². The van der Waals surface area contributed by atoms with E-state index in [1.54, 1.807) is 0 Å². The Morgan fingerprint density at radius 1 is 1.32 bits per heavy atom. The molecule has 1 aliphatic carbocycles. The molecule has 0 saturated carbocycles. The number of carbonyl (C=O) groups is 2. The van der Waals surface area contributed by atoms with Crippen molar-refractivity contribution >= 4 is 17.5 Å². The lowest BCUT2D eigenvalue weighted by molar-refractivity contribution is -0.149. The molecule has 0 fully saturated rings. The first-order valence-corrected chi connectivity index (χ1v) is 7.87. The lowest BCUT2D eigenvalue weighted by Gasteiger charge is -2.37. The van der Waals surface area contributed by atoms with Crippen LogP contribution in [0.1, 0.15) is 53.4 Å². The molecule has 0 heterocycles. The fourth-order valence-electron chi connectivity index (χ4n) is 2.87. The first-order chi connectivity index (χ1) is 10.3. The molecule has 5 nitrogen and oxygen atoms in total. The highest BCUT2D eigenvalue weighted by molar-refractivity contribution is 6.24. The summed E-state index contributed by atoms with van der Waals surface area (Å²) in [5.41, 5.74) is 0.299. The molecule has 0 aromatic rings. The van der Waals surface area contributed by atoms with Crippen LogP contribution in [0.4, 0.5) is 0 Å². The van der Waals surface area contributed by atoms with Gasteiger partial charge in [0, 0.05) is 18.7 Å². The standard InChI is InChI=1S/C17H27NO4/c1-6-8-12(19)13-11(18-9-7-2)10-17(3,4)14(15(13)20)16(21)22-5/h14,20H,6-10H2,1-5H3. The molecule has 1 N–H and O–H groups in total. The predicted octanol–water partition coefficient (Wildman–Crippen LogP) is 3.24. The van der Waals surface area contributed by atoms with Crippen molar-refractivity contribution in [2.24, 2.45) is 16.3 Å². The van der Waals surface area contributed by atoms with Gasteiger partial charge in [-0.25, -0.2) is 0 Å². The Hall–Kier alpha value is -1.65. The summed E-state index contributed by atoms with van der Waals surface area (Å²) in [7, 11) is 1.29. The monoisotopic (exact) mass is 309 g/mol. The first kappa shape index (κ1) is 18.4. The summed E-state index contributed by atoms with van der Waals surface area (Å²) in [6.07, 6.45) is 2.35. The summed E-state index contributed by atoms with van der Waals surface area (Å²) in [5.74, 6) is -1.68. The number of rotatable bonds is 6. The van der Waals surface area contributed by atoms with E-state index in [0.717, 1.165) is 6.42 Å². The van der Waals surface area contributed by atoms with Crippen LogP contribution in [0.3, 0.4) is 0 Å². The van der Waals surface area contributed by atoms with Gasteiger partial charge in [0.25, 0.3) is 0 Å². The summed E-state index contributed by atoms with van der Waals surface area (Å²) in [6.45, 7) is 8.28. The van der Waals surface area contributed by atoms with E-state index in [-0.39, 0.29) is 17.1 Å². The van der Waals surface area contributed by atoms with Gasteiger partial charge in [-0.1, -0.05) is 27.7 Å². The molecule has 124 valence electrons. The van der Waals surface area contributed by atoms with Gasteiger partial charge in [0.2, 0.25) is 0 Å². The molecule has 0 aromatic heterocycles.